The summed E-state index contributed by atoms with van der Waals surface area (Å²) in [6.45, 7) is 3.32. The number of halogens is 1. The van der Waals surface area contributed by atoms with Crippen molar-refractivity contribution < 1.29 is 14.3 Å². The van der Waals surface area contributed by atoms with Crippen molar-refractivity contribution in [2.45, 2.75) is 38.6 Å². The van der Waals surface area contributed by atoms with Gasteiger partial charge in [0, 0.05) is 22.1 Å². The van der Waals surface area contributed by atoms with Crippen molar-refractivity contribution in [3.8, 4) is 16.3 Å². The number of likely N-dealkylation sites (tertiary alicyclic amines) is 1. The van der Waals surface area contributed by atoms with Crippen molar-refractivity contribution in [2.75, 3.05) is 18.5 Å². The molecular formula is C24H25BrN4O3S. The molecule has 1 unspecified atom stereocenters. The third-order valence-corrected chi connectivity index (χ3v) is 6.79. The maximum absolute atomic E-state index is 13.1. The van der Waals surface area contributed by atoms with Crippen LogP contribution in [0.3, 0.4) is 0 Å². The Morgan fingerprint density at radius 3 is 2.79 bits per heavy atom. The first-order chi connectivity index (χ1) is 16.0. The van der Waals surface area contributed by atoms with Gasteiger partial charge in [-0.15, -0.1) is 10.2 Å². The van der Waals surface area contributed by atoms with Gasteiger partial charge in [-0.25, -0.2) is 0 Å². The van der Waals surface area contributed by atoms with Gasteiger partial charge in [-0.2, -0.15) is 0 Å². The predicted octanol–water partition coefficient (Wildman–Crippen LogP) is 5.39. The maximum Gasteiger partial charge on any atom is 0.254 e. The third kappa shape index (κ3) is 5.78. The molecule has 172 valence electrons. The Balaban J connectivity index is 1.39. The number of carbonyl (C=O) groups excluding carboxylic acids is 2. The Labute approximate surface area is 205 Å². The van der Waals surface area contributed by atoms with Crippen molar-refractivity contribution in [1.82, 2.24) is 15.1 Å². The normalized spacial score (nSPS) is 15.5. The van der Waals surface area contributed by atoms with Crippen molar-refractivity contribution in [1.29, 1.82) is 0 Å². The summed E-state index contributed by atoms with van der Waals surface area (Å²) in [7, 11) is 0. The number of anilines is 1. The molecule has 0 aliphatic carbocycles. The van der Waals surface area contributed by atoms with E-state index in [4.69, 9.17) is 4.74 Å². The van der Waals surface area contributed by atoms with Gasteiger partial charge in [0.1, 0.15) is 16.8 Å². The quantitative estimate of drug-likeness (QED) is 0.396. The Kier molecular flexibility index (Phi) is 7.72. The minimum atomic E-state index is -0.531. The second-order valence-electron chi connectivity index (χ2n) is 7.79. The molecular weight excluding hydrogens is 504 g/mol. The van der Waals surface area contributed by atoms with Crippen molar-refractivity contribution in [3.63, 3.8) is 0 Å². The molecule has 1 atom stereocenters. The first-order valence-electron chi connectivity index (χ1n) is 11.0. The molecule has 0 saturated carbocycles. The third-order valence-electron chi connectivity index (χ3n) is 5.41. The highest BCUT2D eigenvalue weighted by atomic mass is 79.9. The number of nitrogens with zero attached hydrogens (tertiary/aromatic N) is 3. The highest BCUT2D eigenvalue weighted by Crippen LogP contribution is 2.29. The summed E-state index contributed by atoms with van der Waals surface area (Å²) in [6.07, 6.45) is 3.45. The fourth-order valence-corrected chi connectivity index (χ4v) is 4.82. The first kappa shape index (κ1) is 23.4. The molecule has 4 rings (SSSR count). The SMILES string of the molecule is CCCCOc1ccc(C(=O)N2CCCC2C(=O)Nc2nnc(-c3cccc(Br)c3)s2)cc1. The number of unbranched alkanes of at least 4 members (excludes halogenated alkanes) is 1. The van der Waals surface area contributed by atoms with E-state index in [1.165, 1.54) is 11.3 Å². The summed E-state index contributed by atoms with van der Waals surface area (Å²) < 4.78 is 6.62. The van der Waals surface area contributed by atoms with Gasteiger partial charge in [0.05, 0.1) is 6.61 Å². The largest absolute Gasteiger partial charge is 0.494 e. The molecule has 3 aromatic rings. The fourth-order valence-electron chi connectivity index (χ4n) is 3.68. The zero-order valence-corrected chi connectivity index (χ0v) is 20.7. The van der Waals surface area contributed by atoms with Gasteiger partial charge in [-0.05, 0) is 55.7 Å². The molecule has 33 heavy (non-hydrogen) atoms. The number of ether oxygens (including phenoxy) is 1. The summed E-state index contributed by atoms with van der Waals surface area (Å²) >= 11 is 4.76. The first-order valence-corrected chi connectivity index (χ1v) is 12.6. The van der Waals surface area contributed by atoms with Crippen LogP contribution in [0.2, 0.25) is 0 Å². The van der Waals surface area contributed by atoms with E-state index in [9.17, 15) is 9.59 Å². The average molecular weight is 529 g/mol. The van der Waals surface area contributed by atoms with E-state index in [-0.39, 0.29) is 11.8 Å². The monoisotopic (exact) mass is 528 g/mol. The number of hydrogen-bond donors (Lipinski definition) is 1. The van der Waals surface area contributed by atoms with Crippen LogP contribution in [0.5, 0.6) is 5.75 Å². The van der Waals surface area contributed by atoms with E-state index in [0.29, 0.717) is 35.3 Å². The van der Waals surface area contributed by atoms with Gasteiger partial charge in [-0.3, -0.25) is 14.9 Å². The van der Waals surface area contributed by atoms with Crippen LogP contribution in [0.4, 0.5) is 5.13 Å². The number of benzene rings is 2. The Hall–Kier alpha value is -2.78. The van der Waals surface area contributed by atoms with Gasteiger partial charge >= 0.3 is 0 Å². The lowest BCUT2D eigenvalue weighted by atomic mass is 10.1. The molecule has 1 N–H and O–H groups in total. The highest BCUT2D eigenvalue weighted by Gasteiger charge is 2.35. The molecule has 1 aliphatic heterocycles. The standard InChI is InChI=1S/C24H25BrN4O3S/c1-2-3-14-32-19-11-9-16(10-12-19)23(31)29-13-5-8-20(29)21(30)26-24-28-27-22(33-24)17-6-4-7-18(25)15-17/h4,6-7,9-12,15,20H,2-3,5,8,13-14H2,1H3,(H,26,28,30). The van der Waals surface area contributed by atoms with E-state index >= 15 is 0 Å². The second-order valence-corrected chi connectivity index (χ2v) is 9.69. The van der Waals surface area contributed by atoms with Gasteiger partial charge in [0.25, 0.3) is 5.91 Å². The number of rotatable bonds is 8. The molecule has 2 aromatic carbocycles. The lowest BCUT2D eigenvalue weighted by molar-refractivity contribution is -0.119. The summed E-state index contributed by atoms with van der Waals surface area (Å²) in [4.78, 5) is 27.7. The van der Waals surface area contributed by atoms with Gasteiger partial charge in [-0.1, -0.05) is 52.7 Å². The van der Waals surface area contributed by atoms with Crippen LogP contribution in [0, 0.1) is 0 Å². The average Bonchev–Trinajstić information content (AvgIpc) is 3.49. The van der Waals surface area contributed by atoms with Gasteiger partial charge in [0.15, 0.2) is 0 Å². The Bertz CT molecular complexity index is 1120. The smallest absolute Gasteiger partial charge is 0.254 e. The van der Waals surface area contributed by atoms with Crippen LogP contribution in [0.15, 0.2) is 53.0 Å². The zero-order valence-electron chi connectivity index (χ0n) is 18.3. The van der Waals surface area contributed by atoms with Crippen LogP contribution < -0.4 is 10.1 Å². The van der Waals surface area contributed by atoms with E-state index < -0.39 is 6.04 Å². The van der Waals surface area contributed by atoms with Gasteiger partial charge in [0.2, 0.25) is 11.0 Å². The minimum Gasteiger partial charge on any atom is -0.494 e. The molecule has 1 aliphatic rings. The molecule has 0 bridgehead atoms. The fraction of sp³-hybridized carbons (Fsp3) is 0.333. The topological polar surface area (TPSA) is 84.4 Å². The molecule has 1 fully saturated rings. The van der Waals surface area contributed by atoms with Gasteiger partial charge < -0.3 is 9.64 Å². The zero-order chi connectivity index (χ0) is 23.2. The summed E-state index contributed by atoms with van der Waals surface area (Å²) in [5, 5.41) is 12.3. The van der Waals surface area contributed by atoms with Crippen LogP contribution in [0.1, 0.15) is 43.0 Å². The van der Waals surface area contributed by atoms with E-state index in [1.807, 2.05) is 24.3 Å². The van der Waals surface area contributed by atoms with E-state index in [1.54, 1.807) is 29.2 Å². The predicted molar refractivity (Wildman–Crippen MR) is 133 cm³/mol. The summed E-state index contributed by atoms with van der Waals surface area (Å²) in [6, 6.07) is 14.3. The van der Waals surface area contributed by atoms with E-state index in [0.717, 1.165) is 35.0 Å². The summed E-state index contributed by atoms with van der Waals surface area (Å²) in [5.74, 6) is 0.352. The number of amides is 2. The second kappa shape index (κ2) is 10.9. The molecule has 7 nitrogen and oxygen atoms in total. The molecule has 1 saturated heterocycles. The highest BCUT2D eigenvalue weighted by molar-refractivity contribution is 9.10. The van der Waals surface area contributed by atoms with Crippen molar-refractivity contribution >= 4 is 44.2 Å². The number of hydrogen-bond acceptors (Lipinski definition) is 6. The van der Waals surface area contributed by atoms with Crippen molar-refractivity contribution in [3.05, 3.63) is 58.6 Å². The van der Waals surface area contributed by atoms with Crippen molar-refractivity contribution in [2.24, 2.45) is 0 Å². The maximum atomic E-state index is 13.1. The Morgan fingerprint density at radius 2 is 2.03 bits per heavy atom. The van der Waals surface area contributed by atoms with Crippen LogP contribution in [-0.2, 0) is 4.79 Å². The van der Waals surface area contributed by atoms with Crippen LogP contribution >= 0.6 is 27.3 Å². The number of aromatic nitrogens is 2. The molecule has 0 spiro atoms. The minimum absolute atomic E-state index is 0.153. The van der Waals surface area contributed by atoms with Crippen LogP contribution in [0.25, 0.3) is 10.6 Å². The molecule has 2 amide bonds. The lowest BCUT2D eigenvalue weighted by Gasteiger charge is -2.23. The van der Waals surface area contributed by atoms with Crippen LogP contribution in [-0.4, -0.2) is 46.1 Å². The molecule has 0 radical (unpaired) electrons. The number of nitrogens with one attached hydrogen (secondary N) is 1. The summed E-state index contributed by atoms with van der Waals surface area (Å²) in [5.41, 5.74) is 1.47. The Morgan fingerprint density at radius 1 is 1.21 bits per heavy atom. The molecule has 1 aromatic heterocycles. The van der Waals surface area contributed by atoms with E-state index in [2.05, 4.69) is 38.4 Å². The number of carbonyl (C=O) groups is 2. The lowest BCUT2D eigenvalue weighted by Crippen LogP contribution is -2.43. The molecule has 2 heterocycles. The molecule has 9 heteroatoms.